The molecule has 0 saturated heterocycles. The van der Waals surface area contributed by atoms with Crippen molar-refractivity contribution >= 4 is 17.4 Å². The summed E-state index contributed by atoms with van der Waals surface area (Å²) in [5.41, 5.74) is 1.47. The minimum absolute atomic E-state index is 0.130. The molecule has 0 aromatic carbocycles. The van der Waals surface area contributed by atoms with Crippen molar-refractivity contribution in [1.82, 2.24) is 34.4 Å². The molecule has 0 fully saturated rings. The number of hydrogen-bond acceptors (Lipinski definition) is 7. The molecule has 3 aromatic rings. The molecular formula is C15H17N7OS. The van der Waals surface area contributed by atoms with Crippen molar-refractivity contribution < 1.29 is 4.79 Å². The molecule has 0 saturated carbocycles. The topological polar surface area (TPSA) is 98.5 Å². The Balaban J connectivity index is 1.60. The van der Waals surface area contributed by atoms with Crippen LogP contribution in [0.3, 0.4) is 0 Å². The van der Waals surface area contributed by atoms with Crippen LogP contribution in [0.15, 0.2) is 31.0 Å². The predicted octanol–water partition coefficient (Wildman–Crippen LogP) is 1.57. The molecule has 0 spiro atoms. The molecule has 24 heavy (non-hydrogen) atoms. The number of amides is 1. The molecule has 0 bridgehead atoms. The first-order valence-corrected chi connectivity index (χ1v) is 8.44. The van der Waals surface area contributed by atoms with Crippen molar-refractivity contribution in [3.63, 3.8) is 0 Å². The summed E-state index contributed by atoms with van der Waals surface area (Å²) in [6.07, 6.45) is 10.2. The zero-order valence-corrected chi connectivity index (χ0v) is 14.0. The largest absolute Gasteiger partial charge is 0.349 e. The van der Waals surface area contributed by atoms with E-state index in [0.717, 1.165) is 35.9 Å². The van der Waals surface area contributed by atoms with Crippen molar-refractivity contribution in [3.05, 3.63) is 41.6 Å². The maximum Gasteiger partial charge on any atom is 0.265 e. The number of hydrogen-bond donors (Lipinski definition) is 1. The zero-order chi connectivity index (χ0) is 16.8. The van der Waals surface area contributed by atoms with Gasteiger partial charge in [0.15, 0.2) is 5.82 Å². The molecule has 1 N–H and O–H groups in total. The third kappa shape index (κ3) is 3.62. The molecule has 124 valence electrons. The molecule has 3 aromatic heterocycles. The SMILES string of the molecule is CCCc1nnsc1C(=O)NCCn1ccnc1-c1cnccn1. The van der Waals surface area contributed by atoms with E-state index in [1.54, 1.807) is 24.8 Å². The second kappa shape index (κ2) is 7.73. The molecule has 0 aliphatic heterocycles. The smallest absolute Gasteiger partial charge is 0.265 e. The Morgan fingerprint density at radius 2 is 2.21 bits per heavy atom. The van der Waals surface area contributed by atoms with Crippen LogP contribution in [0.1, 0.15) is 28.7 Å². The molecular weight excluding hydrogens is 326 g/mol. The van der Waals surface area contributed by atoms with Gasteiger partial charge in [-0.15, -0.1) is 5.10 Å². The van der Waals surface area contributed by atoms with Gasteiger partial charge in [-0.1, -0.05) is 17.8 Å². The number of aromatic nitrogens is 6. The van der Waals surface area contributed by atoms with Crippen molar-refractivity contribution in [2.24, 2.45) is 0 Å². The Morgan fingerprint density at radius 1 is 1.29 bits per heavy atom. The normalized spacial score (nSPS) is 10.7. The second-order valence-corrected chi connectivity index (χ2v) is 5.84. The van der Waals surface area contributed by atoms with Crippen LogP contribution in [-0.4, -0.2) is 41.6 Å². The molecule has 0 radical (unpaired) electrons. The van der Waals surface area contributed by atoms with E-state index in [-0.39, 0.29) is 5.91 Å². The van der Waals surface area contributed by atoms with Crippen LogP contribution in [0.4, 0.5) is 0 Å². The molecule has 0 atom stereocenters. The fraction of sp³-hybridized carbons (Fsp3) is 0.333. The lowest BCUT2D eigenvalue weighted by atomic mass is 10.2. The first-order valence-electron chi connectivity index (χ1n) is 7.66. The van der Waals surface area contributed by atoms with E-state index >= 15 is 0 Å². The molecule has 0 aliphatic rings. The van der Waals surface area contributed by atoms with Crippen LogP contribution in [-0.2, 0) is 13.0 Å². The first kappa shape index (κ1) is 16.2. The highest BCUT2D eigenvalue weighted by atomic mass is 32.1. The number of nitrogens with one attached hydrogen (secondary N) is 1. The summed E-state index contributed by atoms with van der Waals surface area (Å²) < 4.78 is 5.81. The third-order valence-electron chi connectivity index (χ3n) is 3.39. The standard InChI is InChI=1S/C15H17N7OS/c1-2-3-11-13(24-21-20-11)15(23)19-7-9-22-8-6-18-14(22)12-10-16-4-5-17-12/h4-6,8,10H,2-3,7,9H2,1H3,(H,19,23). The molecule has 1 amide bonds. The zero-order valence-electron chi connectivity index (χ0n) is 13.2. The number of carbonyl (C=O) groups is 1. The Kier molecular flexibility index (Phi) is 5.22. The van der Waals surface area contributed by atoms with E-state index in [1.165, 1.54) is 0 Å². The Hall–Kier alpha value is -2.68. The van der Waals surface area contributed by atoms with E-state index in [0.29, 0.717) is 23.7 Å². The van der Waals surface area contributed by atoms with Crippen LogP contribution < -0.4 is 5.32 Å². The molecule has 3 rings (SSSR count). The predicted molar refractivity (Wildman–Crippen MR) is 89.5 cm³/mol. The Morgan fingerprint density at radius 3 is 3.00 bits per heavy atom. The van der Waals surface area contributed by atoms with Crippen LogP contribution >= 0.6 is 11.5 Å². The maximum atomic E-state index is 12.3. The van der Waals surface area contributed by atoms with Gasteiger partial charge in [-0.25, -0.2) is 9.97 Å². The summed E-state index contributed by atoms with van der Waals surface area (Å²) in [5, 5.41) is 6.92. The summed E-state index contributed by atoms with van der Waals surface area (Å²) in [4.78, 5) is 25.5. The highest BCUT2D eigenvalue weighted by molar-refractivity contribution is 7.08. The van der Waals surface area contributed by atoms with E-state index in [9.17, 15) is 4.79 Å². The first-order chi connectivity index (χ1) is 11.8. The van der Waals surface area contributed by atoms with Crippen LogP contribution in [0, 0.1) is 0 Å². The van der Waals surface area contributed by atoms with Crippen molar-refractivity contribution in [2.45, 2.75) is 26.3 Å². The van der Waals surface area contributed by atoms with E-state index in [4.69, 9.17) is 0 Å². The minimum atomic E-state index is -0.130. The van der Waals surface area contributed by atoms with Crippen molar-refractivity contribution in [2.75, 3.05) is 6.54 Å². The van der Waals surface area contributed by atoms with Crippen molar-refractivity contribution in [3.8, 4) is 11.5 Å². The Bertz CT molecular complexity index is 799. The Labute approximate surface area is 143 Å². The van der Waals surface area contributed by atoms with Gasteiger partial charge in [-0.3, -0.25) is 9.78 Å². The quantitative estimate of drug-likeness (QED) is 0.699. The summed E-state index contributed by atoms with van der Waals surface area (Å²) in [5.74, 6) is 0.595. The summed E-state index contributed by atoms with van der Waals surface area (Å²) in [7, 11) is 0. The average Bonchev–Trinajstić information content (AvgIpc) is 3.25. The third-order valence-corrected chi connectivity index (χ3v) is 4.16. The highest BCUT2D eigenvalue weighted by Crippen LogP contribution is 2.13. The van der Waals surface area contributed by atoms with Gasteiger partial charge >= 0.3 is 0 Å². The number of rotatable bonds is 7. The average molecular weight is 343 g/mol. The molecule has 0 unspecified atom stereocenters. The van der Waals surface area contributed by atoms with Gasteiger partial charge in [0.1, 0.15) is 10.6 Å². The van der Waals surface area contributed by atoms with Gasteiger partial charge in [0, 0.05) is 37.9 Å². The van der Waals surface area contributed by atoms with Crippen LogP contribution in [0.2, 0.25) is 0 Å². The second-order valence-electron chi connectivity index (χ2n) is 5.09. The van der Waals surface area contributed by atoms with Crippen LogP contribution in [0.25, 0.3) is 11.5 Å². The van der Waals surface area contributed by atoms with Gasteiger partial charge in [0.25, 0.3) is 5.91 Å². The van der Waals surface area contributed by atoms with Gasteiger partial charge in [0.05, 0.1) is 11.9 Å². The summed E-state index contributed by atoms with van der Waals surface area (Å²) in [6.45, 7) is 3.12. The maximum absolute atomic E-state index is 12.3. The number of imidazole rings is 1. The lowest BCUT2D eigenvalue weighted by Crippen LogP contribution is -2.27. The molecule has 0 aliphatic carbocycles. The van der Waals surface area contributed by atoms with Gasteiger partial charge in [0.2, 0.25) is 0 Å². The minimum Gasteiger partial charge on any atom is -0.349 e. The van der Waals surface area contributed by atoms with Crippen molar-refractivity contribution in [1.29, 1.82) is 0 Å². The van der Waals surface area contributed by atoms with E-state index < -0.39 is 0 Å². The number of carbonyl (C=O) groups excluding carboxylic acids is 1. The summed E-state index contributed by atoms with van der Waals surface area (Å²) >= 11 is 1.13. The number of nitrogens with zero attached hydrogens (tertiary/aromatic N) is 6. The summed E-state index contributed by atoms with van der Waals surface area (Å²) in [6, 6.07) is 0. The van der Waals surface area contributed by atoms with Gasteiger partial charge < -0.3 is 9.88 Å². The lowest BCUT2D eigenvalue weighted by molar-refractivity contribution is 0.0955. The fourth-order valence-corrected chi connectivity index (χ4v) is 2.91. The number of aryl methyl sites for hydroxylation is 1. The van der Waals surface area contributed by atoms with E-state index in [2.05, 4.69) is 29.9 Å². The molecule has 9 heteroatoms. The fourth-order valence-electron chi connectivity index (χ4n) is 2.29. The van der Waals surface area contributed by atoms with Crippen LogP contribution in [0.5, 0.6) is 0 Å². The molecule has 3 heterocycles. The molecule has 8 nitrogen and oxygen atoms in total. The lowest BCUT2D eigenvalue weighted by Gasteiger charge is -2.08. The van der Waals surface area contributed by atoms with Gasteiger partial charge in [-0.2, -0.15) is 0 Å². The highest BCUT2D eigenvalue weighted by Gasteiger charge is 2.15. The monoisotopic (exact) mass is 343 g/mol. The van der Waals surface area contributed by atoms with Gasteiger partial charge in [-0.05, 0) is 18.0 Å². The van der Waals surface area contributed by atoms with E-state index in [1.807, 2.05) is 17.7 Å².